The average Bonchev–Trinajstić information content (AvgIpc) is 2.41. The third-order valence-corrected chi connectivity index (χ3v) is 3.57. The Balaban J connectivity index is 2.20. The van der Waals surface area contributed by atoms with Gasteiger partial charge in [0.1, 0.15) is 0 Å². The van der Waals surface area contributed by atoms with Crippen LogP contribution in [0.3, 0.4) is 0 Å². The molecule has 4 heteroatoms. The van der Waals surface area contributed by atoms with Crippen molar-refractivity contribution < 1.29 is 4.79 Å². The standard InChI is InChI=1S/C16H17ClN2O/c1-10-7-8-12(18)9-14(10)16(20)19-11(2)13-5-3-4-6-15(13)17/h3-9,11H,18H2,1-2H3,(H,19,20). The maximum absolute atomic E-state index is 12.3. The van der Waals surface area contributed by atoms with Gasteiger partial charge >= 0.3 is 0 Å². The van der Waals surface area contributed by atoms with E-state index in [4.69, 9.17) is 17.3 Å². The van der Waals surface area contributed by atoms with Crippen LogP contribution in [0.5, 0.6) is 0 Å². The summed E-state index contributed by atoms with van der Waals surface area (Å²) in [6, 6.07) is 12.6. The summed E-state index contributed by atoms with van der Waals surface area (Å²) in [6.45, 7) is 3.79. The second-order valence-corrected chi connectivity index (χ2v) is 5.20. The minimum atomic E-state index is -0.169. The molecule has 3 nitrogen and oxygen atoms in total. The Morgan fingerprint density at radius 3 is 2.65 bits per heavy atom. The summed E-state index contributed by atoms with van der Waals surface area (Å²) in [7, 11) is 0. The first kappa shape index (κ1) is 14.4. The fourth-order valence-electron chi connectivity index (χ4n) is 2.06. The van der Waals surface area contributed by atoms with Crippen LogP contribution in [0.25, 0.3) is 0 Å². The summed E-state index contributed by atoms with van der Waals surface area (Å²) in [6.07, 6.45) is 0. The molecule has 104 valence electrons. The number of rotatable bonds is 3. The van der Waals surface area contributed by atoms with Crippen molar-refractivity contribution in [2.75, 3.05) is 5.73 Å². The number of hydrogen-bond acceptors (Lipinski definition) is 2. The van der Waals surface area contributed by atoms with Crippen molar-refractivity contribution in [2.45, 2.75) is 19.9 Å². The number of aryl methyl sites for hydroxylation is 1. The van der Waals surface area contributed by atoms with Crippen molar-refractivity contribution >= 4 is 23.2 Å². The highest BCUT2D eigenvalue weighted by Gasteiger charge is 2.15. The minimum Gasteiger partial charge on any atom is -0.399 e. The molecule has 2 aromatic carbocycles. The Labute approximate surface area is 123 Å². The number of hydrogen-bond donors (Lipinski definition) is 2. The van der Waals surface area contributed by atoms with Gasteiger partial charge < -0.3 is 11.1 Å². The first-order valence-electron chi connectivity index (χ1n) is 6.40. The highest BCUT2D eigenvalue weighted by Crippen LogP contribution is 2.23. The molecule has 0 bridgehead atoms. The Bertz CT molecular complexity index is 640. The van der Waals surface area contributed by atoms with E-state index in [1.165, 1.54) is 0 Å². The van der Waals surface area contributed by atoms with Crippen LogP contribution in [0.1, 0.15) is 34.5 Å². The predicted octanol–water partition coefficient (Wildman–Crippen LogP) is 3.72. The van der Waals surface area contributed by atoms with Crippen LogP contribution in [0.2, 0.25) is 5.02 Å². The van der Waals surface area contributed by atoms with Gasteiger partial charge in [0.05, 0.1) is 6.04 Å². The smallest absolute Gasteiger partial charge is 0.252 e. The first-order chi connectivity index (χ1) is 9.49. The van der Waals surface area contributed by atoms with Gasteiger partial charge in [0, 0.05) is 16.3 Å². The first-order valence-corrected chi connectivity index (χ1v) is 6.78. The second kappa shape index (κ2) is 5.97. The number of nitrogens with one attached hydrogen (secondary N) is 1. The maximum Gasteiger partial charge on any atom is 0.252 e. The molecule has 0 aromatic heterocycles. The summed E-state index contributed by atoms with van der Waals surface area (Å²) >= 11 is 6.13. The lowest BCUT2D eigenvalue weighted by Crippen LogP contribution is -2.27. The molecule has 2 rings (SSSR count). The molecule has 0 saturated carbocycles. The predicted molar refractivity (Wildman–Crippen MR) is 82.9 cm³/mol. The number of amides is 1. The summed E-state index contributed by atoms with van der Waals surface area (Å²) < 4.78 is 0. The Morgan fingerprint density at radius 2 is 1.95 bits per heavy atom. The Hall–Kier alpha value is -2.00. The monoisotopic (exact) mass is 288 g/mol. The van der Waals surface area contributed by atoms with Crippen LogP contribution < -0.4 is 11.1 Å². The van der Waals surface area contributed by atoms with Crippen LogP contribution in [-0.2, 0) is 0 Å². The van der Waals surface area contributed by atoms with Gasteiger partial charge in [0.25, 0.3) is 5.91 Å². The largest absolute Gasteiger partial charge is 0.399 e. The number of nitrogen functional groups attached to an aromatic ring is 1. The van der Waals surface area contributed by atoms with Gasteiger partial charge in [-0.05, 0) is 43.2 Å². The number of benzene rings is 2. The maximum atomic E-state index is 12.3. The highest BCUT2D eigenvalue weighted by molar-refractivity contribution is 6.31. The van der Waals surface area contributed by atoms with Crippen LogP contribution in [0.15, 0.2) is 42.5 Å². The molecule has 0 aliphatic carbocycles. The van der Waals surface area contributed by atoms with Gasteiger partial charge in [0.2, 0.25) is 0 Å². The zero-order valence-electron chi connectivity index (χ0n) is 11.5. The Kier molecular flexibility index (Phi) is 4.30. The quantitative estimate of drug-likeness (QED) is 0.846. The lowest BCUT2D eigenvalue weighted by molar-refractivity contribution is 0.0939. The van der Waals surface area contributed by atoms with Crippen LogP contribution >= 0.6 is 11.6 Å². The van der Waals surface area contributed by atoms with E-state index in [1.54, 1.807) is 12.1 Å². The molecule has 0 aliphatic rings. The third kappa shape index (κ3) is 3.11. The molecule has 0 radical (unpaired) electrons. The van der Waals surface area contributed by atoms with E-state index < -0.39 is 0 Å². The lowest BCUT2D eigenvalue weighted by Gasteiger charge is -2.16. The third-order valence-electron chi connectivity index (χ3n) is 3.23. The van der Waals surface area contributed by atoms with Gasteiger partial charge in [-0.2, -0.15) is 0 Å². The van der Waals surface area contributed by atoms with E-state index in [1.807, 2.05) is 44.2 Å². The van der Waals surface area contributed by atoms with Gasteiger partial charge in [-0.3, -0.25) is 4.79 Å². The molecule has 0 aliphatic heterocycles. The number of nitrogens with two attached hydrogens (primary N) is 1. The van der Waals surface area contributed by atoms with Crippen molar-refractivity contribution in [3.05, 3.63) is 64.2 Å². The van der Waals surface area contributed by atoms with E-state index in [-0.39, 0.29) is 11.9 Å². The molecule has 0 saturated heterocycles. The summed E-state index contributed by atoms with van der Waals surface area (Å²) in [4.78, 5) is 12.3. The molecule has 3 N–H and O–H groups in total. The van der Waals surface area contributed by atoms with E-state index in [0.717, 1.165) is 11.1 Å². The summed E-state index contributed by atoms with van der Waals surface area (Å²) in [5.74, 6) is -0.151. The summed E-state index contributed by atoms with van der Waals surface area (Å²) in [5, 5.41) is 3.59. The van der Waals surface area contributed by atoms with Crippen LogP contribution in [0, 0.1) is 6.92 Å². The van der Waals surface area contributed by atoms with E-state index in [0.29, 0.717) is 16.3 Å². The zero-order chi connectivity index (χ0) is 14.7. The normalized spacial score (nSPS) is 11.9. The molecule has 0 spiro atoms. The van der Waals surface area contributed by atoms with Crippen molar-refractivity contribution in [1.29, 1.82) is 0 Å². The number of carbonyl (C=O) groups excluding carboxylic acids is 1. The molecular weight excluding hydrogens is 272 g/mol. The zero-order valence-corrected chi connectivity index (χ0v) is 12.2. The number of carbonyl (C=O) groups is 1. The molecule has 0 heterocycles. The average molecular weight is 289 g/mol. The van der Waals surface area contributed by atoms with Crippen molar-refractivity contribution in [3.8, 4) is 0 Å². The fourth-order valence-corrected chi connectivity index (χ4v) is 2.36. The van der Waals surface area contributed by atoms with E-state index in [2.05, 4.69) is 5.32 Å². The summed E-state index contributed by atoms with van der Waals surface area (Å²) in [5.41, 5.74) is 8.68. The molecule has 0 fully saturated rings. The second-order valence-electron chi connectivity index (χ2n) is 4.79. The van der Waals surface area contributed by atoms with E-state index >= 15 is 0 Å². The molecule has 20 heavy (non-hydrogen) atoms. The van der Waals surface area contributed by atoms with Crippen LogP contribution in [0.4, 0.5) is 5.69 Å². The SMILES string of the molecule is Cc1ccc(N)cc1C(=O)NC(C)c1ccccc1Cl. The molecule has 1 amide bonds. The van der Waals surface area contributed by atoms with E-state index in [9.17, 15) is 4.79 Å². The van der Waals surface area contributed by atoms with Crippen molar-refractivity contribution in [1.82, 2.24) is 5.32 Å². The Morgan fingerprint density at radius 1 is 1.25 bits per heavy atom. The molecule has 1 unspecified atom stereocenters. The van der Waals surface area contributed by atoms with Crippen molar-refractivity contribution in [2.24, 2.45) is 0 Å². The van der Waals surface area contributed by atoms with Gasteiger partial charge in [-0.25, -0.2) is 0 Å². The topological polar surface area (TPSA) is 55.1 Å². The number of anilines is 1. The van der Waals surface area contributed by atoms with Crippen LogP contribution in [-0.4, -0.2) is 5.91 Å². The van der Waals surface area contributed by atoms with Gasteiger partial charge in [-0.15, -0.1) is 0 Å². The lowest BCUT2D eigenvalue weighted by atomic mass is 10.0. The number of halogens is 1. The van der Waals surface area contributed by atoms with Crippen molar-refractivity contribution in [3.63, 3.8) is 0 Å². The molecule has 2 aromatic rings. The highest BCUT2D eigenvalue weighted by atomic mass is 35.5. The molecule has 1 atom stereocenters. The fraction of sp³-hybridized carbons (Fsp3) is 0.188. The minimum absolute atomic E-state index is 0.151. The van der Waals surface area contributed by atoms with Gasteiger partial charge in [-0.1, -0.05) is 35.9 Å². The van der Waals surface area contributed by atoms with Gasteiger partial charge in [0.15, 0.2) is 0 Å². The molecular formula is C16H17ClN2O.